The number of fused-ring (bicyclic) bond motifs is 3. The van der Waals surface area contributed by atoms with Crippen LogP contribution < -0.4 is 5.32 Å². The van der Waals surface area contributed by atoms with Gasteiger partial charge in [-0.25, -0.2) is 4.79 Å². The van der Waals surface area contributed by atoms with E-state index in [0.717, 1.165) is 33.3 Å². The van der Waals surface area contributed by atoms with E-state index in [4.69, 9.17) is 0 Å². The molecule has 1 unspecified atom stereocenters. The van der Waals surface area contributed by atoms with Crippen molar-refractivity contribution in [3.05, 3.63) is 101 Å². The number of carbonyl (C=O) groups is 2. The maximum absolute atomic E-state index is 14.8. The quantitative estimate of drug-likeness (QED) is 0.200. The molecular weight excluding hydrogens is 522 g/mol. The van der Waals surface area contributed by atoms with E-state index in [1.807, 2.05) is 78.9 Å². The first-order chi connectivity index (χ1) is 19.6. The summed E-state index contributed by atoms with van der Waals surface area (Å²) in [4.78, 5) is 30.7. The molecule has 0 radical (unpaired) electrons. The van der Waals surface area contributed by atoms with Crippen molar-refractivity contribution in [2.24, 2.45) is 0 Å². The predicted octanol–water partition coefficient (Wildman–Crippen LogP) is 7.89. The summed E-state index contributed by atoms with van der Waals surface area (Å²) in [6, 6.07) is 25.4. The number of aromatic nitrogens is 1. The molecule has 1 N–H and O–H groups in total. The Balaban J connectivity index is 1.65. The normalized spacial score (nSPS) is 17.9. The molecule has 2 amide bonds. The minimum Gasteiger partial charge on any atom is -0.323 e. The molecule has 208 valence electrons. The smallest absolute Gasteiger partial charge is 0.323 e. The van der Waals surface area contributed by atoms with Crippen LogP contribution in [0.3, 0.4) is 0 Å². The van der Waals surface area contributed by atoms with Gasteiger partial charge in [0.05, 0.1) is 5.52 Å². The topological polar surface area (TPSA) is 54.3 Å². The molecule has 6 rings (SSSR count). The standard InChI is InChI=1S/C35H37N3O2Si/c1-23(2)41(24(3)4,25(5)6)20-19-28-21-27-15-12-17-30-32(27)38(28)34(40)37(22-26-13-8-7-9-14-26)35(30)29-16-10-11-18-31(29)36-33(35)39/h7-18,21,23-25H,22H2,1-6H3,(H,36,39). The number of benzene rings is 3. The van der Waals surface area contributed by atoms with Crippen LogP contribution in [0.15, 0.2) is 78.9 Å². The molecular formula is C35H37N3O2Si. The number of para-hydroxylation sites is 2. The fraction of sp³-hybridized carbons (Fsp3) is 0.314. The summed E-state index contributed by atoms with van der Waals surface area (Å²) >= 11 is 0. The molecule has 0 bridgehead atoms. The Morgan fingerprint density at radius 2 is 1.44 bits per heavy atom. The van der Waals surface area contributed by atoms with Gasteiger partial charge in [-0.05, 0) is 34.3 Å². The van der Waals surface area contributed by atoms with Crippen LogP contribution in [0.2, 0.25) is 16.6 Å². The van der Waals surface area contributed by atoms with Crippen LogP contribution in [0.1, 0.15) is 63.9 Å². The fourth-order valence-electron chi connectivity index (χ4n) is 7.59. The van der Waals surface area contributed by atoms with Crippen LogP contribution >= 0.6 is 0 Å². The number of hydrogen-bond acceptors (Lipinski definition) is 2. The highest BCUT2D eigenvalue weighted by atomic mass is 28.3. The molecule has 1 atom stereocenters. The van der Waals surface area contributed by atoms with Crippen molar-refractivity contribution >= 4 is 36.6 Å². The molecule has 4 aromatic rings. The van der Waals surface area contributed by atoms with Crippen molar-refractivity contribution in [2.45, 2.75) is 70.2 Å². The van der Waals surface area contributed by atoms with Crippen LogP contribution in [0.5, 0.6) is 0 Å². The van der Waals surface area contributed by atoms with E-state index in [2.05, 4.69) is 58.3 Å². The second-order valence-electron chi connectivity index (χ2n) is 12.3. The van der Waals surface area contributed by atoms with E-state index in [-0.39, 0.29) is 18.5 Å². The van der Waals surface area contributed by atoms with Crippen molar-refractivity contribution in [1.29, 1.82) is 0 Å². The average Bonchev–Trinajstić information content (AvgIpc) is 3.46. The Bertz CT molecular complexity index is 1720. The zero-order valence-electron chi connectivity index (χ0n) is 24.7. The zero-order valence-corrected chi connectivity index (χ0v) is 25.7. The van der Waals surface area contributed by atoms with Crippen LogP contribution in [0, 0.1) is 11.5 Å². The lowest BCUT2D eigenvalue weighted by atomic mass is 9.80. The van der Waals surface area contributed by atoms with Crippen LogP contribution in [-0.4, -0.2) is 29.5 Å². The van der Waals surface area contributed by atoms with Gasteiger partial charge in [-0.3, -0.25) is 14.3 Å². The number of nitrogens with zero attached hydrogens (tertiary/aromatic N) is 2. The third kappa shape index (κ3) is 3.75. The van der Waals surface area contributed by atoms with E-state index in [0.29, 0.717) is 22.3 Å². The first kappa shape index (κ1) is 27.1. The molecule has 2 aliphatic heterocycles. The Kier molecular flexibility index (Phi) is 6.46. The highest BCUT2D eigenvalue weighted by molar-refractivity contribution is 6.90. The number of amides is 2. The molecule has 6 heteroatoms. The molecule has 1 aromatic heterocycles. The maximum atomic E-state index is 14.8. The van der Waals surface area contributed by atoms with E-state index < -0.39 is 13.6 Å². The third-order valence-electron chi connectivity index (χ3n) is 9.39. The van der Waals surface area contributed by atoms with E-state index >= 15 is 0 Å². The lowest BCUT2D eigenvalue weighted by molar-refractivity contribution is -0.124. The molecule has 1 spiro atoms. The monoisotopic (exact) mass is 559 g/mol. The molecule has 2 aliphatic rings. The number of carbonyl (C=O) groups excluding carboxylic acids is 2. The van der Waals surface area contributed by atoms with Gasteiger partial charge in [-0.1, -0.05) is 114 Å². The summed E-state index contributed by atoms with van der Waals surface area (Å²) in [5, 5.41) is 4.01. The van der Waals surface area contributed by atoms with Gasteiger partial charge in [0, 0.05) is 28.7 Å². The molecule has 0 saturated carbocycles. The van der Waals surface area contributed by atoms with Gasteiger partial charge in [-0.15, -0.1) is 5.54 Å². The molecule has 41 heavy (non-hydrogen) atoms. The van der Waals surface area contributed by atoms with Gasteiger partial charge in [0.2, 0.25) is 0 Å². The zero-order chi connectivity index (χ0) is 29.1. The number of rotatable bonds is 5. The first-order valence-corrected chi connectivity index (χ1v) is 16.8. The Morgan fingerprint density at radius 3 is 2.12 bits per heavy atom. The van der Waals surface area contributed by atoms with Crippen molar-refractivity contribution in [2.75, 3.05) is 5.32 Å². The average molecular weight is 560 g/mol. The summed E-state index contributed by atoms with van der Waals surface area (Å²) in [5.41, 5.74) is 8.72. The molecule has 3 aromatic carbocycles. The van der Waals surface area contributed by atoms with Crippen LogP contribution in [0.25, 0.3) is 10.9 Å². The number of hydrogen-bond donors (Lipinski definition) is 1. The van der Waals surface area contributed by atoms with Gasteiger partial charge in [0.25, 0.3) is 5.91 Å². The molecule has 5 nitrogen and oxygen atoms in total. The minimum atomic E-state index is -2.04. The van der Waals surface area contributed by atoms with Gasteiger partial charge in [0.15, 0.2) is 5.54 Å². The summed E-state index contributed by atoms with van der Waals surface area (Å²) in [6.07, 6.45) is 0. The van der Waals surface area contributed by atoms with Crippen molar-refractivity contribution in [1.82, 2.24) is 9.47 Å². The summed E-state index contributed by atoms with van der Waals surface area (Å²) in [5.74, 6) is 3.34. The lowest BCUT2D eigenvalue weighted by Gasteiger charge is -2.43. The highest BCUT2D eigenvalue weighted by Gasteiger charge is 2.58. The van der Waals surface area contributed by atoms with Crippen LogP contribution in [0.4, 0.5) is 10.5 Å². The SMILES string of the molecule is CC(C)[Si](C#Cc1cc2cccc3c2n1C(=O)N(Cc1ccccc1)C31C(=O)Nc2ccccc21)(C(C)C)C(C)C. The van der Waals surface area contributed by atoms with E-state index in [1.54, 1.807) is 9.47 Å². The van der Waals surface area contributed by atoms with E-state index in [9.17, 15) is 9.59 Å². The summed E-state index contributed by atoms with van der Waals surface area (Å²) in [7, 11) is -2.04. The second-order valence-corrected chi connectivity index (χ2v) is 17.9. The van der Waals surface area contributed by atoms with Gasteiger partial charge in [0.1, 0.15) is 13.8 Å². The Hall–Kier alpha value is -4.08. The van der Waals surface area contributed by atoms with Crippen molar-refractivity contribution in [3.8, 4) is 11.5 Å². The number of nitrogens with one attached hydrogen (secondary N) is 1. The summed E-state index contributed by atoms with van der Waals surface area (Å²) < 4.78 is 1.76. The van der Waals surface area contributed by atoms with Gasteiger partial charge < -0.3 is 5.32 Å². The van der Waals surface area contributed by atoms with Crippen molar-refractivity contribution < 1.29 is 9.59 Å². The first-order valence-electron chi connectivity index (χ1n) is 14.6. The summed E-state index contributed by atoms with van der Waals surface area (Å²) in [6.45, 7) is 14.1. The second kappa shape index (κ2) is 9.78. The predicted molar refractivity (Wildman–Crippen MR) is 168 cm³/mol. The molecule has 3 heterocycles. The largest absolute Gasteiger partial charge is 0.331 e. The highest BCUT2D eigenvalue weighted by Crippen LogP contribution is 2.51. The van der Waals surface area contributed by atoms with Gasteiger partial charge >= 0.3 is 6.03 Å². The van der Waals surface area contributed by atoms with Crippen molar-refractivity contribution in [3.63, 3.8) is 0 Å². The molecule has 0 saturated heterocycles. The van der Waals surface area contributed by atoms with Crippen LogP contribution in [-0.2, 0) is 16.9 Å². The van der Waals surface area contributed by atoms with Gasteiger partial charge in [-0.2, -0.15) is 0 Å². The maximum Gasteiger partial charge on any atom is 0.331 e. The number of anilines is 1. The fourth-order valence-corrected chi connectivity index (χ4v) is 12.8. The molecule has 0 aliphatic carbocycles. The van der Waals surface area contributed by atoms with E-state index in [1.165, 1.54) is 0 Å². The lowest BCUT2D eigenvalue weighted by Crippen LogP contribution is -2.57. The third-order valence-corrected chi connectivity index (χ3v) is 15.7. The Labute approximate surface area is 243 Å². The molecule has 0 fully saturated rings. The Morgan fingerprint density at radius 1 is 0.805 bits per heavy atom. The minimum absolute atomic E-state index is 0.207.